The number of alkyl halides is 7. The lowest BCUT2D eigenvalue weighted by Gasteiger charge is -2.14. The minimum Gasteiger partial charge on any atom is -0.292 e. The van der Waals surface area contributed by atoms with Gasteiger partial charge in [0.15, 0.2) is 11.5 Å². The van der Waals surface area contributed by atoms with Crippen molar-refractivity contribution in [1.29, 1.82) is 0 Å². The number of aromatic nitrogens is 3. The van der Waals surface area contributed by atoms with E-state index in [0.29, 0.717) is 18.6 Å². The number of halogens is 7. The molecule has 0 spiro atoms. The smallest absolute Gasteiger partial charge is 0.292 e. The first-order chi connectivity index (χ1) is 13.4. The van der Waals surface area contributed by atoms with E-state index in [-0.39, 0.29) is 24.0 Å². The van der Waals surface area contributed by atoms with Gasteiger partial charge in [-0.05, 0) is 30.7 Å². The van der Waals surface area contributed by atoms with E-state index < -0.39 is 45.9 Å². The Hall–Kier alpha value is -2.69. The summed E-state index contributed by atoms with van der Waals surface area (Å²) in [6.07, 6.45) is -7.34. The van der Waals surface area contributed by atoms with E-state index in [0.717, 1.165) is 10.9 Å². The molecule has 29 heavy (non-hydrogen) atoms. The highest BCUT2D eigenvalue weighted by molar-refractivity contribution is 6.26. The molecule has 0 amide bonds. The summed E-state index contributed by atoms with van der Waals surface area (Å²) in [4.78, 5) is 24.4. The van der Waals surface area contributed by atoms with Gasteiger partial charge in [0, 0.05) is 12.0 Å². The average molecular weight is 438 g/mol. The van der Waals surface area contributed by atoms with Crippen LogP contribution in [0, 0.1) is 0 Å². The van der Waals surface area contributed by atoms with Crippen LogP contribution in [0.4, 0.5) is 26.3 Å². The number of rotatable bonds is 3. The van der Waals surface area contributed by atoms with Crippen LogP contribution in [-0.2, 0) is 17.1 Å². The summed E-state index contributed by atoms with van der Waals surface area (Å²) in [6.45, 7) is 0. The molecule has 154 valence electrons. The predicted molar refractivity (Wildman–Crippen MR) is 88.1 cm³/mol. The maximum absolute atomic E-state index is 13.0. The Morgan fingerprint density at radius 2 is 1.66 bits per heavy atom. The van der Waals surface area contributed by atoms with Gasteiger partial charge in [0.05, 0.1) is 22.7 Å². The number of carbonyl (C=O) groups is 2. The monoisotopic (exact) mass is 437 g/mol. The van der Waals surface area contributed by atoms with Crippen LogP contribution in [-0.4, -0.2) is 31.9 Å². The number of hydrogen-bond donors (Lipinski definition) is 0. The van der Waals surface area contributed by atoms with E-state index in [2.05, 4.69) is 10.3 Å². The first-order valence-corrected chi connectivity index (χ1v) is 8.46. The van der Waals surface area contributed by atoms with Crippen molar-refractivity contribution < 1.29 is 35.9 Å². The first-order valence-electron chi connectivity index (χ1n) is 8.02. The van der Waals surface area contributed by atoms with Crippen molar-refractivity contribution in [3.05, 3.63) is 52.9 Å². The predicted octanol–water partition coefficient (Wildman–Crippen LogP) is 4.36. The van der Waals surface area contributed by atoms with Crippen LogP contribution in [0.25, 0.3) is 5.70 Å². The van der Waals surface area contributed by atoms with E-state index >= 15 is 0 Å². The molecule has 0 radical (unpaired) electrons. The molecule has 0 aliphatic heterocycles. The number of Topliss-reactive ketones (excluding diaryl/α,β-unsaturated/α-hetero) is 1. The van der Waals surface area contributed by atoms with Crippen molar-refractivity contribution in [1.82, 2.24) is 15.0 Å². The molecular formula is C17H10ClF6N3O2. The van der Waals surface area contributed by atoms with Gasteiger partial charge in [0.1, 0.15) is 5.70 Å². The Kier molecular flexibility index (Phi) is 5.28. The van der Waals surface area contributed by atoms with Crippen molar-refractivity contribution in [2.75, 3.05) is 0 Å². The standard InChI is InChI=1S/C17H10ClF6N3O2/c18-11-1-2-14(28)13(6-11)27-7-12(25-26-27)15(29)8-3-9(16(19,20)21)5-10(4-8)17(22,23)24/h3-7,11H,1-2H2. The molecule has 5 nitrogen and oxygen atoms in total. The van der Waals surface area contributed by atoms with Crippen molar-refractivity contribution >= 4 is 28.9 Å². The molecule has 0 bridgehead atoms. The van der Waals surface area contributed by atoms with Crippen molar-refractivity contribution in [3.63, 3.8) is 0 Å². The molecular weight excluding hydrogens is 428 g/mol. The van der Waals surface area contributed by atoms with Gasteiger partial charge in [-0.2, -0.15) is 26.3 Å². The van der Waals surface area contributed by atoms with Gasteiger partial charge in [0.2, 0.25) is 5.78 Å². The molecule has 0 fully saturated rings. The number of nitrogens with zero attached hydrogens (tertiary/aromatic N) is 3. The van der Waals surface area contributed by atoms with Gasteiger partial charge in [-0.25, -0.2) is 4.68 Å². The molecule has 0 saturated heterocycles. The van der Waals surface area contributed by atoms with Crippen LogP contribution < -0.4 is 0 Å². The maximum atomic E-state index is 13.0. The number of allylic oxidation sites excluding steroid dienone is 2. The van der Waals surface area contributed by atoms with Crippen LogP contribution in [0.3, 0.4) is 0 Å². The van der Waals surface area contributed by atoms with Crippen LogP contribution in [0.15, 0.2) is 30.5 Å². The summed E-state index contributed by atoms with van der Waals surface area (Å²) in [5.74, 6) is -1.55. The highest BCUT2D eigenvalue weighted by Gasteiger charge is 2.37. The lowest BCUT2D eigenvalue weighted by atomic mass is 10.0. The molecule has 1 aliphatic rings. The molecule has 1 heterocycles. The van der Waals surface area contributed by atoms with Crippen LogP contribution >= 0.6 is 11.6 Å². The van der Waals surface area contributed by atoms with Crippen LogP contribution in [0.2, 0.25) is 0 Å². The minimum absolute atomic E-state index is 0.0165. The van der Waals surface area contributed by atoms with E-state index in [1.807, 2.05) is 0 Å². The molecule has 2 aromatic rings. The van der Waals surface area contributed by atoms with Crippen molar-refractivity contribution in [3.8, 4) is 0 Å². The second kappa shape index (κ2) is 7.29. The third kappa shape index (κ3) is 4.50. The summed E-state index contributed by atoms with van der Waals surface area (Å²) in [5, 5.41) is 6.57. The quantitative estimate of drug-likeness (QED) is 0.407. The molecule has 0 N–H and O–H groups in total. The molecule has 1 atom stereocenters. The molecule has 3 rings (SSSR count). The van der Waals surface area contributed by atoms with Crippen LogP contribution in [0.5, 0.6) is 0 Å². The Bertz CT molecular complexity index is 977. The normalized spacial score (nSPS) is 18.0. The number of benzene rings is 1. The Labute approximate surface area is 163 Å². The second-order valence-corrected chi connectivity index (χ2v) is 6.76. The zero-order chi connectivity index (χ0) is 21.6. The summed E-state index contributed by atoms with van der Waals surface area (Å²) >= 11 is 5.94. The van der Waals surface area contributed by atoms with E-state index in [4.69, 9.17) is 11.6 Å². The van der Waals surface area contributed by atoms with Gasteiger partial charge >= 0.3 is 12.4 Å². The van der Waals surface area contributed by atoms with E-state index in [1.165, 1.54) is 6.08 Å². The van der Waals surface area contributed by atoms with Gasteiger partial charge in [-0.3, -0.25) is 9.59 Å². The number of ketones is 2. The lowest BCUT2D eigenvalue weighted by Crippen LogP contribution is -2.17. The fraction of sp³-hybridized carbons (Fsp3) is 0.294. The summed E-state index contributed by atoms with van der Waals surface area (Å²) in [7, 11) is 0. The Balaban J connectivity index is 2.01. The molecule has 1 aliphatic carbocycles. The molecule has 1 aromatic heterocycles. The third-order valence-corrected chi connectivity index (χ3v) is 4.44. The summed E-state index contributed by atoms with van der Waals surface area (Å²) in [6, 6.07) is 0.520. The SMILES string of the molecule is O=C1CCC(Cl)C=C1n1cc(C(=O)c2cc(C(F)(F)F)cc(C(F)(F)F)c2)nn1. The third-order valence-electron chi connectivity index (χ3n) is 4.09. The topological polar surface area (TPSA) is 64.8 Å². The molecule has 1 aromatic carbocycles. The molecule has 12 heteroatoms. The van der Waals surface area contributed by atoms with Crippen molar-refractivity contribution in [2.45, 2.75) is 30.6 Å². The highest BCUT2D eigenvalue weighted by Crippen LogP contribution is 2.36. The van der Waals surface area contributed by atoms with Crippen LogP contribution in [0.1, 0.15) is 40.0 Å². The molecule has 1 unspecified atom stereocenters. The van der Waals surface area contributed by atoms with Gasteiger partial charge in [-0.1, -0.05) is 5.21 Å². The maximum Gasteiger partial charge on any atom is 0.416 e. The second-order valence-electron chi connectivity index (χ2n) is 6.20. The fourth-order valence-corrected chi connectivity index (χ4v) is 2.90. The first kappa shape index (κ1) is 21.0. The largest absolute Gasteiger partial charge is 0.416 e. The van der Waals surface area contributed by atoms with Gasteiger partial charge < -0.3 is 0 Å². The molecule has 0 saturated carbocycles. The Morgan fingerprint density at radius 3 is 2.21 bits per heavy atom. The lowest BCUT2D eigenvalue weighted by molar-refractivity contribution is -0.143. The van der Waals surface area contributed by atoms with Crippen molar-refractivity contribution in [2.24, 2.45) is 0 Å². The zero-order valence-electron chi connectivity index (χ0n) is 14.2. The van der Waals surface area contributed by atoms with Gasteiger partial charge in [0.25, 0.3) is 0 Å². The summed E-state index contributed by atoms with van der Waals surface area (Å²) in [5.41, 5.74) is -4.62. The minimum atomic E-state index is -5.09. The number of carbonyl (C=O) groups excluding carboxylic acids is 2. The zero-order valence-corrected chi connectivity index (χ0v) is 14.9. The number of hydrogen-bond acceptors (Lipinski definition) is 4. The average Bonchev–Trinajstić information content (AvgIpc) is 3.11. The van der Waals surface area contributed by atoms with Gasteiger partial charge in [-0.15, -0.1) is 16.7 Å². The van der Waals surface area contributed by atoms with E-state index in [1.54, 1.807) is 0 Å². The van der Waals surface area contributed by atoms with E-state index in [9.17, 15) is 35.9 Å². The Morgan fingerprint density at radius 1 is 1.07 bits per heavy atom. The summed E-state index contributed by atoms with van der Waals surface area (Å²) < 4.78 is 78.7. The highest BCUT2D eigenvalue weighted by atomic mass is 35.5. The fourth-order valence-electron chi connectivity index (χ4n) is 2.67.